The van der Waals surface area contributed by atoms with Crippen LogP contribution in [0, 0.1) is 5.92 Å². The van der Waals surface area contributed by atoms with Crippen LogP contribution < -0.4 is 0 Å². The summed E-state index contributed by atoms with van der Waals surface area (Å²) < 4.78 is 0. The van der Waals surface area contributed by atoms with E-state index >= 15 is 0 Å². The minimum atomic E-state index is 0.0751. The minimum Gasteiger partial charge on any atom is -0.339 e. The molecule has 0 spiro atoms. The molecule has 0 N–H and O–H groups in total. The summed E-state index contributed by atoms with van der Waals surface area (Å²) in [6.07, 6.45) is 2.57. The van der Waals surface area contributed by atoms with Crippen LogP contribution in [0.3, 0.4) is 0 Å². The third kappa shape index (κ3) is 2.31. The summed E-state index contributed by atoms with van der Waals surface area (Å²) in [5, 5.41) is 2.08. The van der Waals surface area contributed by atoms with E-state index in [1.165, 1.54) is 0 Å². The van der Waals surface area contributed by atoms with Crippen LogP contribution in [-0.4, -0.2) is 30.2 Å². The second-order valence-corrected chi connectivity index (χ2v) is 5.29. The molecule has 1 amide bonds. The number of carbonyl (C=O) groups is 2. The highest BCUT2D eigenvalue weighted by Crippen LogP contribution is 2.22. The molecule has 2 aromatic carbocycles. The molecule has 0 unspecified atom stereocenters. The highest BCUT2D eigenvalue weighted by atomic mass is 16.2. The van der Waals surface area contributed by atoms with Crippen molar-refractivity contribution in [2.24, 2.45) is 5.92 Å². The first-order chi connectivity index (χ1) is 9.79. The van der Waals surface area contributed by atoms with Gasteiger partial charge in [-0.25, -0.2) is 0 Å². The Hall–Kier alpha value is -2.16. The zero-order chi connectivity index (χ0) is 13.9. The molecule has 0 aromatic heterocycles. The van der Waals surface area contributed by atoms with Crippen LogP contribution in [0.1, 0.15) is 23.2 Å². The Bertz CT molecular complexity index is 637. The maximum absolute atomic E-state index is 12.6. The normalized spacial score (nSPS) is 16.3. The lowest BCUT2D eigenvalue weighted by Crippen LogP contribution is -2.38. The van der Waals surface area contributed by atoms with Crippen molar-refractivity contribution in [3.05, 3.63) is 48.0 Å². The van der Waals surface area contributed by atoms with E-state index in [0.717, 1.165) is 35.5 Å². The van der Waals surface area contributed by atoms with E-state index in [4.69, 9.17) is 0 Å². The minimum absolute atomic E-state index is 0.0751. The molecule has 0 aliphatic carbocycles. The van der Waals surface area contributed by atoms with Gasteiger partial charge in [0.25, 0.3) is 5.91 Å². The molecular weight excluding hydrogens is 250 g/mol. The number of carbonyl (C=O) groups excluding carboxylic acids is 2. The number of hydrogen-bond donors (Lipinski definition) is 0. The Labute approximate surface area is 118 Å². The zero-order valence-corrected chi connectivity index (χ0v) is 11.3. The van der Waals surface area contributed by atoms with Crippen LogP contribution in [0.25, 0.3) is 10.8 Å². The summed E-state index contributed by atoms with van der Waals surface area (Å²) in [6.45, 7) is 1.34. The molecule has 0 saturated carbocycles. The highest BCUT2D eigenvalue weighted by molar-refractivity contribution is 6.07. The number of aldehydes is 1. The average Bonchev–Trinajstić information content (AvgIpc) is 2.54. The Balaban J connectivity index is 1.88. The lowest BCUT2D eigenvalue weighted by atomic mass is 9.97. The zero-order valence-electron chi connectivity index (χ0n) is 11.3. The van der Waals surface area contributed by atoms with Crippen molar-refractivity contribution in [1.29, 1.82) is 0 Å². The fraction of sp³-hybridized carbons (Fsp3) is 0.294. The molecule has 20 heavy (non-hydrogen) atoms. The van der Waals surface area contributed by atoms with Crippen LogP contribution in [0.2, 0.25) is 0 Å². The predicted octanol–water partition coefficient (Wildman–Crippen LogP) is 2.89. The Morgan fingerprint density at radius 3 is 2.50 bits per heavy atom. The van der Waals surface area contributed by atoms with Crippen LogP contribution >= 0.6 is 0 Å². The van der Waals surface area contributed by atoms with Crippen molar-refractivity contribution in [2.45, 2.75) is 12.8 Å². The summed E-state index contributed by atoms with van der Waals surface area (Å²) in [6, 6.07) is 13.8. The molecule has 0 atom stereocenters. The van der Waals surface area contributed by atoms with E-state index in [2.05, 4.69) is 0 Å². The van der Waals surface area contributed by atoms with Crippen LogP contribution in [-0.2, 0) is 4.79 Å². The molecule has 1 saturated heterocycles. The summed E-state index contributed by atoms with van der Waals surface area (Å²) in [5.41, 5.74) is 0.757. The van der Waals surface area contributed by atoms with Crippen molar-refractivity contribution < 1.29 is 9.59 Å². The number of nitrogens with zero attached hydrogens (tertiary/aromatic N) is 1. The van der Waals surface area contributed by atoms with Gasteiger partial charge in [0.15, 0.2) is 0 Å². The van der Waals surface area contributed by atoms with E-state index in [-0.39, 0.29) is 11.8 Å². The quantitative estimate of drug-likeness (QED) is 0.785. The van der Waals surface area contributed by atoms with Gasteiger partial charge in [-0.3, -0.25) is 4.79 Å². The SMILES string of the molecule is O=CC1CCN(C(=O)c2cccc3ccccc23)CC1. The number of rotatable bonds is 2. The second kappa shape index (κ2) is 5.45. The lowest BCUT2D eigenvalue weighted by molar-refractivity contribution is -0.112. The monoisotopic (exact) mass is 267 g/mol. The molecule has 3 heteroatoms. The fourth-order valence-electron chi connectivity index (χ4n) is 2.82. The van der Waals surface area contributed by atoms with Crippen molar-refractivity contribution in [2.75, 3.05) is 13.1 Å². The van der Waals surface area contributed by atoms with Gasteiger partial charge in [-0.1, -0.05) is 36.4 Å². The smallest absolute Gasteiger partial charge is 0.254 e. The van der Waals surface area contributed by atoms with Crippen LogP contribution in [0.5, 0.6) is 0 Å². The molecule has 0 radical (unpaired) electrons. The number of fused-ring (bicyclic) bond motifs is 1. The molecule has 102 valence electrons. The van der Waals surface area contributed by atoms with E-state index in [1.807, 2.05) is 47.4 Å². The Morgan fingerprint density at radius 2 is 1.75 bits per heavy atom. The van der Waals surface area contributed by atoms with Gasteiger partial charge < -0.3 is 9.69 Å². The summed E-state index contributed by atoms with van der Waals surface area (Å²) >= 11 is 0. The van der Waals surface area contributed by atoms with Gasteiger partial charge in [-0.15, -0.1) is 0 Å². The Morgan fingerprint density at radius 1 is 1.05 bits per heavy atom. The van der Waals surface area contributed by atoms with Crippen molar-refractivity contribution in [3.8, 4) is 0 Å². The number of amides is 1. The topological polar surface area (TPSA) is 37.4 Å². The molecule has 1 heterocycles. The van der Waals surface area contributed by atoms with Crippen LogP contribution in [0.15, 0.2) is 42.5 Å². The molecule has 1 fully saturated rings. The molecule has 3 rings (SSSR count). The molecule has 3 nitrogen and oxygen atoms in total. The third-order valence-corrected chi connectivity index (χ3v) is 4.04. The summed E-state index contributed by atoms with van der Waals surface area (Å²) in [7, 11) is 0. The van der Waals surface area contributed by atoms with Gasteiger partial charge >= 0.3 is 0 Å². The number of likely N-dealkylation sites (tertiary alicyclic amines) is 1. The van der Waals surface area contributed by atoms with Crippen molar-refractivity contribution in [1.82, 2.24) is 4.90 Å². The lowest BCUT2D eigenvalue weighted by Gasteiger charge is -2.30. The fourth-order valence-corrected chi connectivity index (χ4v) is 2.82. The van der Waals surface area contributed by atoms with Crippen molar-refractivity contribution >= 4 is 23.0 Å². The van der Waals surface area contributed by atoms with Gasteiger partial charge in [-0.2, -0.15) is 0 Å². The van der Waals surface area contributed by atoms with E-state index in [9.17, 15) is 9.59 Å². The first kappa shape index (κ1) is 12.9. The molecule has 1 aliphatic rings. The maximum Gasteiger partial charge on any atom is 0.254 e. The van der Waals surface area contributed by atoms with Crippen molar-refractivity contribution in [3.63, 3.8) is 0 Å². The first-order valence-corrected chi connectivity index (χ1v) is 7.02. The summed E-state index contributed by atoms with van der Waals surface area (Å²) in [5.74, 6) is 0.192. The molecule has 0 bridgehead atoms. The molecular formula is C17H17NO2. The van der Waals surface area contributed by atoms with E-state index in [0.29, 0.717) is 13.1 Å². The second-order valence-electron chi connectivity index (χ2n) is 5.29. The number of benzene rings is 2. The Kier molecular flexibility index (Phi) is 3.50. The maximum atomic E-state index is 12.6. The highest BCUT2D eigenvalue weighted by Gasteiger charge is 2.24. The van der Waals surface area contributed by atoms with Gasteiger partial charge in [0.1, 0.15) is 6.29 Å². The average molecular weight is 267 g/mol. The molecule has 2 aromatic rings. The van der Waals surface area contributed by atoms with Gasteiger partial charge in [0.2, 0.25) is 0 Å². The van der Waals surface area contributed by atoms with Gasteiger partial charge in [0.05, 0.1) is 0 Å². The van der Waals surface area contributed by atoms with E-state index in [1.54, 1.807) is 0 Å². The third-order valence-electron chi connectivity index (χ3n) is 4.04. The van der Waals surface area contributed by atoms with Crippen LogP contribution in [0.4, 0.5) is 0 Å². The standard InChI is InChI=1S/C17H17NO2/c19-12-13-8-10-18(11-9-13)17(20)16-7-3-5-14-4-1-2-6-15(14)16/h1-7,12-13H,8-11H2. The summed E-state index contributed by atoms with van der Waals surface area (Å²) in [4.78, 5) is 25.3. The number of piperidine rings is 1. The first-order valence-electron chi connectivity index (χ1n) is 7.02. The predicted molar refractivity (Wildman–Crippen MR) is 78.6 cm³/mol. The van der Waals surface area contributed by atoms with E-state index < -0.39 is 0 Å². The number of hydrogen-bond acceptors (Lipinski definition) is 2. The largest absolute Gasteiger partial charge is 0.339 e. The van der Waals surface area contributed by atoms with Gasteiger partial charge in [0, 0.05) is 24.6 Å². The van der Waals surface area contributed by atoms with Gasteiger partial charge in [-0.05, 0) is 29.7 Å². The molecule has 1 aliphatic heterocycles.